The molecule has 154 valence electrons. The van der Waals surface area contributed by atoms with Crippen molar-refractivity contribution in [1.82, 2.24) is 14.6 Å². The molecule has 0 radical (unpaired) electrons. The molecule has 0 atom stereocenters. The Hall–Kier alpha value is -2.99. The Morgan fingerprint density at radius 3 is 2.47 bits per heavy atom. The number of benzene rings is 2. The standard InChI is InChI=1S/C24H25N3O2S/c1-3-5-6-15-29-20-13-11-19(12-14-20)22-25-24-27(26-22)23(28)21(30-24)16-18-9-7-17(4-2)8-10-18/h7-14,16H,3-6,15H2,1-2H3. The summed E-state index contributed by atoms with van der Waals surface area (Å²) in [6.45, 7) is 5.03. The number of nitrogens with zero attached hydrogens (tertiary/aromatic N) is 3. The zero-order valence-corrected chi connectivity index (χ0v) is 18.1. The van der Waals surface area contributed by atoms with Gasteiger partial charge in [-0.05, 0) is 54.3 Å². The van der Waals surface area contributed by atoms with Crippen molar-refractivity contribution < 1.29 is 4.74 Å². The Kier molecular flexibility index (Phi) is 6.23. The van der Waals surface area contributed by atoms with E-state index in [1.165, 1.54) is 34.3 Å². The third kappa shape index (κ3) is 4.44. The molecule has 2 aromatic carbocycles. The summed E-state index contributed by atoms with van der Waals surface area (Å²) in [6, 6.07) is 16.0. The minimum atomic E-state index is -0.135. The van der Waals surface area contributed by atoms with Crippen LogP contribution in [-0.4, -0.2) is 21.2 Å². The van der Waals surface area contributed by atoms with Crippen LogP contribution in [0.15, 0.2) is 53.3 Å². The zero-order valence-electron chi connectivity index (χ0n) is 17.3. The molecule has 0 fully saturated rings. The van der Waals surface area contributed by atoms with Gasteiger partial charge in [-0.2, -0.15) is 9.50 Å². The SMILES string of the molecule is CCCCCOc1ccc(-c2nc3sc(=Cc4ccc(CC)cc4)c(=O)n3n2)cc1. The van der Waals surface area contributed by atoms with E-state index in [2.05, 4.69) is 36.1 Å². The van der Waals surface area contributed by atoms with Gasteiger partial charge in [0.25, 0.3) is 5.56 Å². The number of unbranched alkanes of at least 4 members (excludes halogenated alkanes) is 2. The molecule has 6 heteroatoms. The van der Waals surface area contributed by atoms with E-state index in [-0.39, 0.29) is 5.56 Å². The normalized spacial score (nSPS) is 12.0. The second kappa shape index (κ2) is 9.22. The smallest absolute Gasteiger partial charge is 0.291 e. The van der Waals surface area contributed by atoms with Gasteiger partial charge in [-0.15, -0.1) is 5.10 Å². The van der Waals surface area contributed by atoms with E-state index in [0.29, 0.717) is 15.3 Å². The van der Waals surface area contributed by atoms with E-state index in [1.807, 2.05) is 42.5 Å². The van der Waals surface area contributed by atoms with Crippen molar-refractivity contribution in [3.63, 3.8) is 0 Å². The third-order valence-corrected chi connectivity index (χ3v) is 5.96. The molecule has 0 amide bonds. The first-order chi connectivity index (χ1) is 14.7. The topological polar surface area (TPSA) is 56.5 Å². The van der Waals surface area contributed by atoms with E-state index in [1.54, 1.807) is 0 Å². The van der Waals surface area contributed by atoms with Gasteiger partial charge in [0.15, 0.2) is 5.82 Å². The van der Waals surface area contributed by atoms with Gasteiger partial charge >= 0.3 is 0 Å². The van der Waals surface area contributed by atoms with Crippen molar-refractivity contribution in [1.29, 1.82) is 0 Å². The number of hydrogen-bond acceptors (Lipinski definition) is 5. The molecule has 2 heterocycles. The number of ether oxygens (including phenoxy) is 1. The highest BCUT2D eigenvalue weighted by atomic mass is 32.1. The number of aryl methyl sites for hydroxylation is 1. The summed E-state index contributed by atoms with van der Waals surface area (Å²) in [5, 5.41) is 4.43. The molecule has 4 rings (SSSR count). The van der Waals surface area contributed by atoms with Crippen LogP contribution in [0.2, 0.25) is 0 Å². The minimum absolute atomic E-state index is 0.135. The van der Waals surface area contributed by atoms with Gasteiger partial charge in [-0.1, -0.05) is 62.3 Å². The maximum absolute atomic E-state index is 12.7. The predicted molar refractivity (Wildman–Crippen MR) is 122 cm³/mol. The second-order valence-corrected chi connectivity index (χ2v) is 8.23. The number of hydrogen-bond donors (Lipinski definition) is 0. The monoisotopic (exact) mass is 419 g/mol. The van der Waals surface area contributed by atoms with E-state index in [4.69, 9.17) is 4.74 Å². The van der Waals surface area contributed by atoms with Crippen LogP contribution in [0.4, 0.5) is 0 Å². The lowest BCUT2D eigenvalue weighted by Crippen LogP contribution is -2.23. The molecule has 0 unspecified atom stereocenters. The summed E-state index contributed by atoms with van der Waals surface area (Å²) in [5.41, 5.74) is 3.01. The van der Waals surface area contributed by atoms with Crippen LogP contribution in [0.5, 0.6) is 5.75 Å². The van der Waals surface area contributed by atoms with E-state index in [9.17, 15) is 4.79 Å². The van der Waals surface area contributed by atoms with Crippen molar-refractivity contribution in [2.75, 3.05) is 6.61 Å². The molecular weight excluding hydrogens is 394 g/mol. The minimum Gasteiger partial charge on any atom is -0.494 e. The van der Waals surface area contributed by atoms with E-state index in [0.717, 1.165) is 36.3 Å². The van der Waals surface area contributed by atoms with Crippen molar-refractivity contribution >= 4 is 22.4 Å². The summed E-state index contributed by atoms with van der Waals surface area (Å²) in [7, 11) is 0. The fourth-order valence-electron chi connectivity index (χ4n) is 3.20. The Balaban J connectivity index is 1.54. The largest absolute Gasteiger partial charge is 0.494 e. The molecule has 0 aliphatic rings. The maximum Gasteiger partial charge on any atom is 0.291 e. The summed E-state index contributed by atoms with van der Waals surface area (Å²) in [5.74, 6) is 1.39. The number of aromatic nitrogens is 3. The zero-order chi connectivity index (χ0) is 20.9. The van der Waals surface area contributed by atoms with Crippen molar-refractivity contribution in [2.45, 2.75) is 39.5 Å². The number of thiazole rings is 1. The fourth-order valence-corrected chi connectivity index (χ4v) is 4.11. The Labute approximate surface area is 179 Å². The molecular formula is C24H25N3O2S. The maximum atomic E-state index is 12.7. The molecule has 30 heavy (non-hydrogen) atoms. The highest BCUT2D eigenvalue weighted by Gasteiger charge is 2.12. The first kappa shape index (κ1) is 20.3. The predicted octanol–water partition coefficient (Wildman–Crippen LogP) is 4.50. The summed E-state index contributed by atoms with van der Waals surface area (Å²) in [6.07, 6.45) is 6.31. The van der Waals surface area contributed by atoms with Gasteiger partial charge in [0.1, 0.15) is 5.75 Å². The van der Waals surface area contributed by atoms with Gasteiger partial charge in [-0.25, -0.2) is 0 Å². The quantitative estimate of drug-likeness (QED) is 0.395. The van der Waals surface area contributed by atoms with Gasteiger partial charge in [0.05, 0.1) is 11.1 Å². The lowest BCUT2D eigenvalue weighted by molar-refractivity contribution is 0.306. The lowest BCUT2D eigenvalue weighted by atomic mass is 10.1. The molecule has 0 bridgehead atoms. The second-order valence-electron chi connectivity index (χ2n) is 7.22. The average molecular weight is 420 g/mol. The highest BCUT2D eigenvalue weighted by Crippen LogP contribution is 2.20. The van der Waals surface area contributed by atoms with Gasteiger partial charge in [-0.3, -0.25) is 4.79 Å². The lowest BCUT2D eigenvalue weighted by Gasteiger charge is -2.05. The van der Waals surface area contributed by atoms with Crippen molar-refractivity contribution in [3.8, 4) is 17.1 Å². The molecule has 2 aromatic heterocycles. The molecule has 0 aliphatic heterocycles. The van der Waals surface area contributed by atoms with Gasteiger partial charge in [0.2, 0.25) is 4.96 Å². The van der Waals surface area contributed by atoms with Crippen LogP contribution < -0.4 is 14.8 Å². The molecule has 5 nitrogen and oxygen atoms in total. The van der Waals surface area contributed by atoms with E-state index < -0.39 is 0 Å². The van der Waals surface area contributed by atoms with Crippen LogP contribution in [-0.2, 0) is 6.42 Å². The van der Waals surface area contributed by atoms with E-state index >= 15 is 0 Å². The average Bonchev–Trinajstić information content (AvgIpc) is 3.32. The highest BCUT2D eigenvalue weighted by molar-refractivity contribution is 7.15. The molecule has 0 saturated heterocycles. The Morgan fingerprint density at radius 2 is 1.80 bits per heavy atom. The van der Waals surface area contributed by atoms with Crippen molar-refractivity contribution in [3.05, 3.63) is 74.5 Å². The first-order valence-electron chi connectivity index (χ1n) is 10.4. The van der Waals surface area contributed by atoms with Crippen LogP contribution in [0.3, 0.4) is 0 Å². The number of fused-ring (bicyclic) bond motifs is 1. The fraction of sp³-hybridized carbons (Fsp3) is 0.292. The van der Waals surface area contributed by atoms with Crippen LogP contribution in [0, 0.1) is 0 Å². The molecule has 0 saturated carbocycles. The Morgan fingerprint density at radius 1 is 1.03 bits per heavy atom. The van der Waals surface area contributed by atoms with Gasteiger partial charge < -0.3 is 4.74 Å². The van der Waals surface area contributed by atoms with Crippen LogP contribution >= 0.6 is 11.3 Å². The third-order valence-electron chi connectivity index (χ3n) is 5.00. The van der Waals surface area contributed by atoms with Gasteiger partial charge in [0, 0.05) is 5.56 Å². The molecule has 0 aliphatic carbocycles. The van der Waals surface area contributed by atoms with Crippen LogP contribution in [0.25, 0.3) is 22.4 Å². The summed E-state index contributed by atoms with van der Waals surface area (Å²) >= 11 is 1.36. The molecule has 4 aromatic rings. The molecule has 0 N–H and O–H groups in total. The van der Waals surface area contributed by atoms with Crippen LogP contribution in [0.1, 0.15) is 44.2 Å². The first-order valence-corrected chi connectivity index (χ1v) is 11.2. The van der Waals surface area contributed by atoms with Crippen molar-refractivity contribution in [2.24, 2.45) is 0 Å². The number of rotatable bonds is 8. The summed E-state index contributed by atoms with van der Waals surface area (Å²) in [4.78, 5) is 17.9. The Bertz CT molecular complexity index is 1220. The summed E-state index contributed by atoms with van der Waals surface area (Å²) < 4.78 is 7.78. The molecule has 0 spiro atoms.